The SMILES string of the molecule is Cc1nc2c(C)cccn2c(=O)c1NC(=O)c1c(F)cccc1F. The molecule has 0 atom stereocenters. The molecule has 1 aromatic carbocycles. The van der Waals surface area contributed by atoms with E-state index in [0.29, 0.717) is 5.65 Å². The van der Waals surface area contributed by atoms with Crippen molar-refractivity contribution in [2.75, 3.05) is 5.32 Å². The third-order valence-corrected chi connectivity index (χ3v) is 3.66. The van der Waals surface area contributed by atoms with E-state index >= 15 is 0 Å². The first-order chi connectivity index (χ1) is 11.4. The van der Waals surface area contributed by atoms with Crippen LogP contribution in [0, 0.1) is 25.5 Å². The van der Waals surface area contributed by atoms with E-state index in [2.05, 4.69) is 10.3 Å². The van der Waals surface area contributed by atoms with Crippen LogP contribution in [0.3, 0.4) is 0 Å². The van der Waals surface area contributed by atoms with Gasteiger partial charge in [0.15, 0.2) is 0 Å². The van der Waals surface area contributed by atoms with Crippen LogP contribution in [0.15, 0.2) is 41.3 Å². The van der Waals surface area contributed by atoms with E-state index in [0.717, 1.165) is 23.8 Å². The number of hydrogen-bond donors (Lipinski definition) is 1. The summed E-state index contributed by atoms with van der Waals surface area (Å²) in [7, 11) is 0. The lowest BCUT2D eigenvalue weighted by atomic mass is 10.1. The van der Waals surface area contributed by atoms with Gasteiger partial charge in [-0.15, -0.1) is 0 Å². The van der Waals surface area contributed by atoms with Gasteiger partial charge < -0.3 is 5.32 Å². The van der Waals surface area contributed by atoms with Crippen LogP contribution in [-0.2, 0) is 0 Å². The fourth-order valence-electron chi connectivity index (χ4n) is 2.44. The van der Waals surface area contributed by atoms with E-state index in [1.165, 1.54) is 10.6 Å². The van der Waals surface area contributed by atoms with E-state index < -0.39 is 28.7 Å². The highest BCUT2D eigenvalue weighted by atomic mass is 19.1. The van der Waals surface area contributed by atoms with Crippen molar-refractivity contribution in [1.82, 2.24) is 9.38 Å². The molecule has 0 aliphatic carbocycles. The molecule has 24 heavy (non-hydrogen) atoms. The summed E-state index contributed by atoms with van der Waals surface area (Å²) >= 11 is 0. The van der Waals surface area contributed by atoms with Crippen molar-refractivity contribution in [3.05, 3.63) is 75.3 Å². The molecular weight excluding hydrogens is 316 g/mol. The Morgan fingerprint density at radius 1 is 1.12 bits per heavy atom. The minimum atomic E-state index is -1.04. The highest BCUT2D eigenvalue weighted by Crippen LogP contribution is 2.16. The predicted octanol–water partition coefficient (Wildman–Crippen LogP) is 2.84. The maximum absolute atomic E-state index is 13.7. The number of anilines is 1. The molecule has 0 unspecified atom stereocenters. The Balaban J connectivity index is 2.11. The van der Waals surface area contributed by atoms with E-state index in [1.807, 2.05) is 0 Å². The van der Waals surface area contributed by atoms with E-state index in [4.69, 9.17) is 0 Å². The predicted molar refractivity (Wildman–Crippen MR) is 85.2 cm³/mol. The molecule has 0 spiro atoms. The second kappa shape index (κ2) is 5.84. The molecule has 1 N–H and O–H groups in total. The van der Waals surface area contributed by atoms with Crippen LogP contribution in [0.1, 0.15) is 21.6 Å². The number of nitrogens with one attached hydrogen (secondary N) is 1. The van der Waals surface area contributed by atoms with Crippen LogP contribution < -0.4 is 10.9 Å². The Bertz CT molecular complexity index is 1010. The van der Waals surface area contributed by atoms with E-state index in [9.17, 15) is 18.4 Å². The summed E-state index contributed by atoms with van der Waals surface area (Å²) in [4.78, 5) is 29.0. The number of carbonyl (C=O) groups excluding carboxylic acids is 1. The molecule has 0 saturated heterocycles. The summed E-state index contributed by atoms with van der Waals surface area (Å²) < 4.78 is 28.7. The molecule has 0 aliphatic rings. The summed E-state index contributed by atoms with van der Waals surface area (Å²) in [5, 5.41) is 2.27. The Hall–Kier alpha value is -3.09. The van der Waals surface area contributed by atoms with Crippen molar-refractivity contribution in [2.24, 2.45) is 0 Å². The van der Waals surface area contributed by atoms with Gasteiger partial charge in [0.2, 0.25) is 0 Å². The van der Waals surface area contributed by atoms with Crippen LogP contribution in [0.25, 0.3) is 5.65 Å². The number of carbonyl (C=O) groups is 1. The van der Waals surface area contributed by atoms with Crippen LogP contribution in [0.2, 0.25) is 0 Å². The Morgan fingerprint density at radius 2 is 1.79 bits per heavy atom. The Kier molecular flexibility index (Phi) is 3.84. The largest absolute Gasteiger partial charge is 0.316 e. The van der Waals surface area contributed by atoms with Gasteiger partial charge in [-0.2, -0.15) is 0 Å². The van der Waals surface area contributed by atoms with Gasteiger partial charge in [-0.25, -0.2) is 13.8 Å². The Morgan fingerprint density at radius 3 is 2.46 bits per heavy atom. The number of amides is 1. The van der Waals surface area contributed by atoms with Crippen LogP contribution in [0.4, 0.5) is 14.5 Å². The van der Waals surface area contributed by atoms with Gasteiger partial charge in [0, 0.05) is 6.20 Å². The van der Waals surface area contributed by atoms with Gasteiger partial charge >= 0.3 is 0 Å². The highest BCUT2D eigenvalue weighted by Gasteiger charge is 2.20. The quantitative estimate of drug-likeness (QED) is 0.786. The van der Waals surface area contributed by atoms with Crippen molar-refractivity contribution in [3.63, 3.8) is 0 Å². The number of benzene rings is 1. The maximum Gasteiger partial charge on any atom is 0.281 e. The second-order valence-electron chi connectivity index (χ2n) is 5.31. The number of halogens is 2. The molecule has 0 fully saturated rings. The molecule has 5 nitrogen and oxygen atoms in total. The zero-order valence-electron chi connectivity index (χ0n) is 12.9. The summed E-state index contributed by atoms with van der Waals surface area (Å²) in [6.45, 7) is 3.34. The highest BCUT2D eigenvalue weighted by molar-refractivity contribution is 6.04. The fourth-order valence-corrected chi connectivity index (χ4v) is 2.44. The molecule has 0 bridgehead atoms. The molecule has 2 aromatic heterocycles. The lowest BCUT2D eigenvalue weighted by molar-refractivity contribution is 0.101. The summed E-state index contributed by atoms with van der Waals surface area (Å²) in [5.74, 6) is -3.05. The second-order valence-corrected chi connectivity index (χ2v) is 5.31. The average Bonchev–Trinajstić information content (AvgIpc) is 2.52. The van der Waals surface area contributed by atoms with Crippen molar-refractivity contribution in [1.29, 1.82) is 0 Å². The van der Waals surface area contributed by atoms with E-state index in [-0.39, 0.29) is 11.4 Å². The van der Waals surface area contributed by atoms with Crippen LogP contribution in [-0.4, -0.2) is 15.3 Å². The van der Waals surface area contributed by atoms with Gasteiger partial charge in [-0.1, -0.05) is 12.1 Å². The molecule has 3 rings (SSSR count). The zero-order valence-corrected chi connectivity index (χ0v) is 12.9. The lowest BCUT2D eigenvalue weighted by Gasteiger charge is -2.11. The minimum Gasteiger partial charge on any atom is -0.316 e. The molecule has 7 heteroatoms. The van der Waals surface area contributed by atoms with Gasteiger partial charge in [0.25, 0.3) is 11.5 Å². The molecule has 0 radical (unpaired) electrons. The van der Waals surface area contributed by atoms with Gasteiger partial charge in [-0.3, -0.25) is 14.0 Å². The lowest BCUT2D eigenvalue weighted by Crippen LogP contribution is -2.26. The number of hydrogen-bond acceptors (Lipinski definition) is 3. The molecular formula is C17H13F2N3O2. The smallest absolute Gasteiger partial charge is 0.281 e. The summed E-state index contributed by atoms with van der Waals surface area (Å²) in [6, 6.07) is 6.57. The molecule has 122 valence electrons. The average molecular weight is 329 g/mol. The zero-order chi connectivity index (χ0) is 17.4. The van der Waals surface area contributed by atoms with Crippen LogP contribution in [0.5, 0.6) is 0 Å². The summed E-state index contributed by atoms with van der Waals surface area (Å²) in [5.41, 5.74) is 0.118. The first-order valence-electron chi connectivity index (χ1n) is 7.14. The first-order valence-corrected chi connectivity index (χ1v) is 7.14. The number of rotatable bonds is 2. The van der Waals surface area contributed by atoms with Crippen molar-refractivity contribution >= 4 is 17.2 Å². The molecule has 3 aromatic rings. The molecule has 0 aliphatic heterocycles. The number of fused-ring (bicyclic) bond motifs is 1. The molecule has 2 heterocycles. The van der Waals surface area contributed by atoms with E-state index in [1.54, 1.807) is 26.0 Å². The molecule has 1 amide bonds. The number of nitrogens with zero attached hydrogens (tertiary/aromatic N) is 2. The molecule has 0 saturated carbocycles. The minimum absolute atomic E-state index is 0.120. The first kappa shape index (κ1) is 15.8. The van der Waals surface area contributed by atoms with Crippen LogP contribution >= 0.6 is 0 Å². The number of aromatic nitrogens is 2. The third-order valence-electron chi connectivity index (χ3n) is 3.66. The topological polar surface area (TPSA) is 63.5 Å². The Labute approximate surface area is 135 Å². The summed E-state index contributed by atoms with van der Waals surface area (Å²) in [6.07, 6.45) is 1.51. The number of aryl methyl sites for hydroxylation is 2. The van der Waals surface area contributed by atoms with Crippen molar-refractivity contribution in [3.8, 4) is 0 Å². The monoisotopic (exact) mass is 329 g/mol. The normalized spacial score (nSPS) is 10.8. The van der Waals surface area contributed by atoms with Crippen molar-refractivity contribution in [2.45, 2.75) is 13.8 Å². The fraction of sp³-hybridized carbons (Fsp3) is 0.118. The maximum atomic E-state index is 13.7. The third kappa shape index (κ3) is 2.54. The van der Waals surface area contributed by atoms with Gasteiger partial charge in [-0.05, 0) is 37.6 Å². The van der Waals surface area contributed by atoms with Gasteiger partial charge in [0.05, 0.1) is 5.69 Å². The van der Waals surface area contributed by atoms with Crippen molar-refractivity contribution < 1.29 is 13.6 Å². The standard InChI is InChI=1S/C17H13F2N3O2/c1-9-5-4-8-22-15(9)20-10(2)14(17(22)24)21-16(23)13-11(18)6-3-7-12(13)19/h3-8H,1-2H3,(H,21,23). The number of pyridine rings is 1. The van der Waals surface area contributed by atoms with Gasteiger partial charge in [0.1, 0.15) is 28.5 Å².